The lowest BCUT2D eigenvalue weighted by molar-refractivity contribution is -0.132. The number of halogens is 2. The topological polar surface area (TPSA) is 96.8 Å². The van der Waals surface area contributed by atoms with Crippen molar-refractivity contribution in [2.45, 2.75) is 32.2 Å². The van der Waals surface area contributed by atoms with Gasteiger partial charge in [-0.2, -0.15) is 5.10 Å². The predicted molar refractivity (Wildman–Crippen MR) is 111 cm³/mol. The fraction of sp³-hybridized carbons (Fsp3) is 0.364. The molecule has 166 valence electrons. The number of nitrogens with zero attached hydrogens (tertiary/aromatic N) is 5. The van der Waals surface area contributed by atoms with Gasteiger partial charge in [0.25, 0.3) is 5.91 Å². The van der Waals surface area contributed by atoms with Crippen LogP contribution >= 0.6 is 0 Å². The molecule has 2 atom stereocenters. The number of amides is 2. The Balaban J connectivity index is 1.55. The molecule has 1 aliphatic carbocycles. The van der Waals surface area contributed by atoms with Gasteiger partial charge in [0.05, 0.1) is 11.7 Å². The van der Waals surface area contributed by atoms with Gasteiger partial charge in [-0.15, -0.1) is 0 Å². The molecule has 0 bridgehead atoms. The summed E-state index contributed by atoms with van der Waals surface area (Å²) < 4.78 is 30.0. The molecule has 8 nitrogen and oxygen atoms in total. The summed E-state index contributed by atoms with van der Waals surface area (Å²) in [4.78, 5) is 31.6. The predicted octanol–water partition coefficient (Wildman–Crippen LogP) is 2.63. The van der Waals surface area contributed by atoms with Crippen molar-refractivity contribution >= 4 is 23.3 Å². The van der Waals surface area contributed by atoms with E-state index in [-0.39, 0.29) is 17.1 Å². The van der Waals surface area contributed by atoms with Crippen LogP contribution in [0.5, 0.6) is 0 Å². The number of hydrazine groups is 1. The normalized spacial score (nSPS) is 21.8. The summed E-state index contributed by atoms with van der Waals surface area (Å²) in [5.74, 6) is 3.84. The van der Waals surface area contributed by atoms with Crippen LogP contribution in [-0.4, -0.2) is 38.0 Å². The summed E-state index contributed by atoms with van der Waals surface area (Å²) in [6.45, 7) is 3.91. The molecule has 1 saturated carbocycles. The Kier molecular flexibility index (Phi) is 4.52. The zero-order valence-electron chi connectivity index (χ0n) is 17.6. The Hall–Kier alpha value is -3.40. The second-order valence-electron chi connectivity index (χ2n) is 8.67. The lowest BCUT2D eigenvalue weighted by Gasteiger charge is -2.30. The lowest BCUT2D eigenvalue weighted by atomic mass is 10.0. The molecule has 1 saturated heterocycles. The summed E-state index contributed by atoms with van der Waals surface area (Å²) >= 11 is 0. The first-order valence-corrected chi connectivity index (χ1v) is 10.4. The van der Waals surface area contributed by atoms with Crippen LogP contribution in [0.2, 0.25) is 0 Å². The van der Waals surface area contributed by atoms with Gasteiger partial charge < -0.3 is 4.90 Å². The molecule has 32 heavy (non-hydrogen) atoms. The summed E-state index contributed by atoms with van der Waals surface area (Å²) in [7, 11) is 0. The number of imide groups is 1. The van der Waals surface area contributed by atoms with Crippen LogP contribution < -0.4 is 10.7 Å². The van der Waals surface area contributed by atoms with Gasteiger partial charge in [0.15, 0.2) is 5.65 Å². The quantitative estimate of drug-likeness (QED) is 0.381. The van der Waals surface area contributed by atoms with Crippen LogP contribution in [0.25, 0.3) is 5.65 Å². The maximum Gasteiger partial charge on any atom is 0.280 e. The first-order chi connectivity index (χ1) is 15.2. The van der Waals surface area contributed by atoms with Crippen LogP contribution in [0.1, 0.15) is 42.6 Å². The smallest absolute Gasteiger partial charge is 0.280 e. The highest BCUT2D eigenvalue weighted by Crippen LogP contribution is 2.63. The minimum absolute atomic E-state index is 0.0841. The Bertz CT molecular complexity index is 1260. The highest BCUT2D eigenvalue weighted by Gasteiger charge is 2.64. The standard InChI is InChI=1S/C22H22F2N6O2/c1-12(2)20(31)30(25)21(32)15-11-26-29-8-6-18(27-19(15)29)28-7-5-13-10-22(13,28)16-9-14(23)3-4-17(16)24/h3-4,6,8-9,11-13H,5,7,10,25H2,1-2H3/t13-,22+/m0/s1. The molecule has 3 heterocycles. The van der Waals surface area contributed by atoms with E-state index in [9.17, 15) is 18.4 Å². The largest absolute Gasteiger partial charge is 0.346 e. The van der Waals surface area contributed by atoms with E-state index in [0.717, 1.165) is 18.6 Å². The maximum absolute atomic E-state index is 14.7. The summed E-state index contributed by atoms with van der Waals surface area (Å²) in [5, 5.41) is 4.71. The number of anilines is 1. The number of nitrogens with two attached hydrogens (primary N) is 1. The van der Waals surface area contributed by atoms with E-state index in [0.29, 0.717) is 29.4 Å². The number of fused-ring (bicyclic) bond motifs is 2. The summed E-state index contributed by atoms with van der Waals surface area (Å²) in [6, 6.07) is 5.24. The highest BCUT2D eigenvalue weighted by molar-refractivity contribution is 6.07. The zero-order chi connectivity index (χ0) is 22.8. The Morgan fingerprint density at radius 1 is 1.28 bits per heavy atom. The second kappa shape index (κ2) is 7.06. The molecule has 10 heteroatoms. The molecule has 0 spiro atoms. The van der Waals surface area contributed by atoms with Crippen molar-refractivity contribution in [2.75, 3.05) is 11.4 Å². The number of benzene rings is 1. The average molecular weight is 440 g/mol. The monoisotopic (exact) mass is 440 g/mol. The molecule has 2 N–H and O–H groups in total. The first kappa shape index (κ1) is 20.5. The molecule has 5 rings (SSSR count). The van der Waals surface area contributed by atoms with Crippen molar-refractivity contribution in [1.82, 2.24) is 19.6 Å². The number of piperidine rings is 1. The fourth-order valence-electron chi connectivity index (χ4n) is 4.76. The zero-order valence-corrected chi connectivity index (χ0v) is 17.6. The number of rotatable bonds is 4. The number of hydrogen-bond donors (Lipinski definition) is 1. The number of hydrogen-bond acceptors (Lipinski definition) is 6. The minimum atomic E-state index is -0.708. The molecule has 2 aromatic heterocycles. The Labute approximate surface area is 182 Å². The van der Waals surface area contributed by atoms with E-state index in [1.807, 2.05) is 4.90 Å². The van der Waals surface area contributed by atoms with E-state index in [2.05, 4.69) is 10.1 Å². The Morgan fingerprint density at radius 3 is 2.78 bits per heavy atom. The highest BCUT2D eigenvalue weighted by atomic mass is 19.1. The first-order valence-electron chi connectivity index (χ1n) is 10.4. The van der Waals surface area contributed by atoms with Crippen molar-refractivity contribution in [3.8, 4) is 0 Å². The van der Waals surface area contributed by atoms with Gasteiger partial charge in [0, 0.05) is 24.2 Å². The van der Waals surface area contributed by atoms with Gasteiger partial charge in [-0.05, 0) is 43.0 Å². The van der Waals surface area contributed by atoms with E-state index >= 15 is 0 Å². The van der Waals surface area contributed by atoms with E-state index in [4.69, 9.17) is 5.84 Å². The van der Waals surface area contributed by atoms with Gasteiger partial charge in [-0.25, -0.2) is 29.1 Å². The van der Waals surface area contributed by atoms with Crippen molar-refractivity contribution in [3.63, 3.8) is 0 Å². The van der Waals surface area contributed by atoms with Crippen LogP contribution in [0.4, 0.5) is 14.6 Å². The molecule has 3 aromatic rings. The van der Waals surface area contributed by atoms with Gasteiger partial charge in [-0.1, -0.05) is 13.8 Å². The summed E-state index contributed by atoms with van der Waals surface area (Å²) in [6.07, 6.45) is 4.48. The molecule has 2 fully saturated rings. The molecule has 2 aliphatic rings. The molecular formula is C22H22F2N6O2. The average Bonchev–Trinajstić information content (AvgIpc) is 3.16. The molecule has 1 aliphatic heterocycles. The molecular weight excluding hydrogens is 418 g/mol. The third-order valence-electron chi connectivity index (χ3n) is 6.46. The summed E-state index contributed by atoms with van der Waals surface area (Å²) in [5.41, 5.74) is -0.0172. The maximum atomic E-state index is 14.7. The van der Waals surface area contributed by atoms with Crippen molar-refractivity contribution in [2.24, 2.45) is 17.7 Å². The fourth-order valence-corrected chi connectivity index (χ4v) is 4.76. The van der Waals surface area contributed by atoms with Gasteiger partial charge in [-0.3, -0.25) is 9.59 Å². The second-order valence-corrected chi connectivity index (χ2v) is 8.67. The van der Waals surface area contributed by atoms with Gasteiger partial charge in [0.2, 0.25) is 5.91 Å². The minimum Gasteiger partial charge on any atom is -0.346 e. The van der Waals surface area contributed by atoms with Crippen molar-refractivity contribution in [3.05, 3.63) is 59.4 Å². The van der Waals surface area contributed by atoms with Crippen LogP contribution in [-0.2, 0) is 10.3 Å². The molecule has 0 radical (unpaired) electrons. The van der Waals surface area contributed by atoms with E-state index in [1.165, 1.54) is 16.8 Å². The van der Waals surface area contributed by atoms with E-state index < -0.39 is 34.9 Å². The number of carbonyl (C=O) groups is 2. The Morgan fingerprint density at radius 2 is 2.06 bits per heavy atom. The number of carbonyl (C=O) groups excluding carboxylic acids is 2. The molecule has 0 unspecified atom stereocenters. The van der Waals surface area contributed by atoms with Gasteiger partial charge in [0.1, 0.15) is 23.0 Å². The SMILES string of the molecule is CC(C)C(=O)N(N)C(=O)c1cnn2ccc(N3CC[C@H]4C[C@]43c3cc(F)ccc3F)nc12. The van der Waals surface area contributed by atoms with Gasteiger partial charge >= 0.3 is 0 Å². The third-order valence-corrected chi connectivity index (χ3v) is 6.46. The number of aromatic nitrogens is 3. The van der Waals surface area contributed by atoms with Crippen molar-refractivity contribution in [1.29, 1.82) is 0 Å². The van der Waals surface area contributed by atoms with Crippen molar-refractivity contribution < 1.29 is 18.4 Å². The van der Waals surface area contributed by atoms with Crippen LogP contribution in [0.15, 0.2) is 36.7 Å². The lowest BCUT2D eigenvalue weighted by Crippen LogP contribution is -2.44. The molecule has 2 amide bonds. The van der Waals surface area contributed by atoms with Crippen LogP contribution in [0.3, 0.4) is 0 Å². The van der Waals surface area contributed by atoms with Crippen LogP contribution in [0, 0.1) is 23.5 Å². The third kappa shape index (κ3) is 2.89. The molecule has 1 aromatic carbocycles. The van der Waals surface area contributed by atoms with E-state index in [1.54, 1.807) is 26.1 Å².